The molecule has 0 atom stereocenters. The molecular weight excluding hydrogens is 359 g/mol. The highest BCUT2D eigenvalue weighted by Crippen LogP contribution is 2.27. The molecule has 4 aromatic rings. The molecule has 1 aliphatic heterocycles. The lowest BCUT2D eigenvalue weighted by atomic mass is 10.2. The minimum Gasteiger partial charge on any atom is -0.366 e. The summed E-state index contributed by atoms with van der Waals surface area (Å²) in [6, 6.07) is 10.7. The van der Waals surface area contributed by atoms with Crippen molar-refractivity contribution in [3.63, 3.8) is 0 Å². The van der Waals surface area contributed by atoms with Crippen molar-refractivity contribution in [2.45, 2.75) is 0 Å². The number of aromatic nitrogens is 4. The summed E-state index contributed by atoms with van der Waals surface area (Å²) < 4.78 is 19.0. The van der Waals surface area contributed by atoms with Gasteiger partial charge in [-0.05, 0) is 24.3 Å². The molecule has 1 aliphatic rings. The normalized spacial score (nSPS) is 14.6. The van der Waals surface area contributed by atoms with E-state index >= 15 is 0 Å². The van der Waals surface area contributed by atoms with E-state index < -0.39 is 0 Å². The van der Waals surface area contributed by atoms with E-state index in [9.17, 15) is 4.39 Å². The number of para-hydroxylation sites is 1. The number of anilines is 2. The maximum absolute atomic E-state index is 14.1. The number of piperazine rings is 1. The molecule has 0 saturated carbocycles. The number of halogens is 1. The molecule has 0 spiro atoms. The Labute approximate surface area is 160 Å². The van der Waals surface area contributed by atoms with Crippen LogP contribution in [0.1, 0.15) is 0 Å². The molecule has 1 fully saturated rings. The second kappa shape index (κ2) is 6.88. The van der Waals surface area contributed by atoms with Crippen LogP contribution in [-0.2, 0) is 0 Å². The van der Waals surface area contributed by atoms with Gasteiger partial charge in [-0.3, -0.25) is 0 Å². The number of hydrogen-bond donors (Lipinski definition) is 0. The monoisotopic (exact) mass is 376 g/mol. The Bertz CT molecular complexity index is 1110. The Balaban J connectivity index is 1.44. The fourth-order valence-electron chi connectivity index (χ4n) is 3.52. The van der Waals surface area contributed by atoms with E-state index in [4.69, 9.17) is 9.51 Å². The van der Waals surface area contributed by atoms with Gasteiger partial charge in [0.15, 0.2) is 5.82 Å². The second-order valence-electron chi connectivity index (χ2n) is 6.60. The minimum atomic E-state index is -0.191. The molecule has 0 amide bonds. The summed E-state index contributed by atoms with van der Waals surface area (Å²) in [7, 11) is 0. The third-order valence-electron chi connectivity index (χ3n) is 4.96. The van der Waals surface area contributed by atoms with Gasteiger partial charge in [-0.25, -0.2) is 19.3 Å². The molecule has 0 bridgehead atoms. The fourth-order valence-corrected chi connectivity index (χ4v) is 3.52. The van der Waals surface area contributed by atoms with Crippen LogP contribution in [0.25, 0.3) is 22.3 Å². The van der Waals surface area contributed by atoms with Crippen LogP contribution in [0.2, 0.25) is 0 Å². The van der Waals surface area contributed by atoms with Gasteiger partial charge >= 0.3 is 0 Å². The maximum Gasteiger partial charge on any atom is 0.158 e. The molecule has 0 unspecified atom stereocenters. The van der Waals surface area contributed by atoms with Gasteiger partial charge in [-0.1, -0.05) is 17.3 Å². The van der Waals surface area contributed by atoms with Crippen LogP contribution >= 0.6 is 0 Å². The molecule has 4 heterocycles. The largest absolute Gasteiger partial charge is 0.366 e. The lowest BCUT2D eigenvalue weighted by Crippen LogP contribution is -2.47. The van der Waals surface area contributed by atoms with Crippen molar-refractivity contribution < 1.29 is 8.91 Å². The molecule has 7 nitrogen and oxygen atoms in total. The Morgan fingerprint density at radius 2 is 1.75 bits per heavy atom. The zero-order chi connectivity index (χ0) is 18.9. The number of nitrogens with zero attached hydrogens (tertiary/aromatic N) is 6. The smallest absolute Gasteiger partial charge is 0.158 e. The van der Waals surface area contributed by atoms with Crippen LogP contribution in [-0.4, -0.2) is 46.3 Å². The van der Waals surface area contributed by atoms with Crippen molar-refractivity contribution in [2.75, 3.05) is 36.0 Å². The Morgan fingerprint density at radius 3 is 2.54 bits per heavy atom. The first-order chi connectivity index (χ1) is 13.8. The lowest BCUT2D eigenvalue weighted by Gasteiger charge is -2.36. The van der Waals surface area contributed by atoms with E-state index in [-0.39, 0.29) is 5.82 Å². The SMILES string of the molecule is Fc1ccccc1N1CCN(c2ncnc3ccc(-c4cnoc4)nc23)CC1. The zero-order valence-electron chi connectivity index (χ0n) is 15.0. The lowest BCUT2D eigenvalue weighted by molar-refractivity contribution is 0.420. The summed E-state index contributed by atoms with van der Waals surface area (Å²) >= 11 is 0. The average molecular weight is 376 g/mol. The van der Waals surface area contributed by atoms with Crippen LogP contribution in [0.4, 0.5) is 15.9 Å². The molecular formula is C20H17FN6O. The summed E-state index contributed by atoms with van der Waals surface area (Å²) in [5, 5.41) is 3.74. The van der Waals surface area contributed by atoms with Crippen LogP contribution in [0.3, 0.4) is 0 Å². The van der Waals surface area contributed by atoms with Gasteiger partial charge in [0, 0.05) is 26.2 Å². The maximum atomic E-state index is 14.1. The van der Waals surface area contributed by atoms with Crippen molar-refractivity contribution in [1.29, 1.82) is 0 Å². The van der Waals surface area contributed by atoms with Gasteiger partial charge in [0.2, 0.25) is 0 Å². The highest BCUT2D eigenvalue weighted by molar-refractivity contribution is 5.87. The van der Waals surface area contributed by atoms with E-state index in [1.807, 2.05) is 24.3 Å². The molecule has 0 N–H and O–H groups in total. The molecule has 1 aromatic carbocycles. The quantitative estimate of drug-likeness (QED) is 0.544. The summed E-state index contributed by atoms with van der Waals surface area (Å²) in [5.41, 5.74) is 3.72. The van der Waals surface area contributed by atoms with E-state index in [2.05, 4.69) is 24.9 Å². The number of rotatable bonds is 3. The van der Waals surface area contributed by atoms with Crippen molar-refractivity contribution in [3.8, 4) is 11.3 Å². The van der Waals surface area contributed by atoms with Gasteiger partial charge in [0.05, 0.1) is 28.7 Å². The summed E-state index contributed by atoms with van der Waals surface area (Å²) in [6.45, 7) is 2.86. The number of hydrogen-bond acceptors (Lipinski definition) is 7. The van der Waals surface area contributed by atoms with E-state index in [0.29, 0.717) is 18.8 Å². The van der Waals surface area contributed by atoms with Gasteiger partial charge in [0.1, 0.15) is 23.9 Å². The first kappa shape index (κ1) is 16.6. The summed E-state index contributed by atoms with van der Waals surface area (Å²) in [4.78, 5) is 17.8. The van der Waals surface area contributed by atoms with Crippen LogP contribution in [0.5, 0.6) is 0 Å². The fraction of sp³-hybridized carbons (Fsp3) is 0.200. The van der Waals surface area contributed by atoms with E-state index in [1.165, 1.54) is 6.07 Å². The number of fused-ring (bicyclic) bond motifs is 1. The Kier molecular flexibility index (Phi) is 4.08. The van der Waals surface area contributed by atoms with Crippen molar-refractivity contribution in [1.82, 2.24) is 20.1 Å². The van der Waals surface area contributed by atoms with E-state index in [1.54, 1.807) is 24.9 Å². The highest BCUT2D eigenvalue weighted by atomic mass is 19.1. The summed E-state index contributed by atoms with van der Waals surface area (Å²) in [5.74, 6) is 0.597. The van der Waals surface area contributed by atoms with Gasteiger partial charge in [-0.2, -0.15) is 0 Å². The van der Waals surface area contributed by atoms with Gasteiger partial charge < -0.3 is 14.3 Å². The highest BCUT2D eigenvalue weighted by Gasteiger charge is 2.22. The second-order valence-corrected chi connectivity index (χ2v) is 6.60. The molecule has 0 aliphatic carbocycles. The topological polar surface area (TPSA) is 71.2 Å². The Morgan fingerprint density at radius 1 is 0.929 bits per heavy atom. The van der Waals surface area contributed by atoms with Gasteiger partial charge in [-0.15, -0.1) is 0 Å². The average Bonchev–Trinajstić information content (AvgIpc) is 3.28. The molecule has 140 valence electrons. The Hall–Kier alpha value is -3.55. The third kappa shape index (κ3) is 2.92. The van der Waals surface area contributed by atoms with Crippen LogP contribution in [0.15, 0.2) is 59.7 Å². The van der Waals surface area contributed by atoms with Gasteiger partial charge in [0.25, 0.3) is 0 Å². The van der Waals surface area contributed by atoms with Crippen molar-refractivity contribution in [3.05, 3.63) is 61.0 Å². The zero-order valence-corrected chi connectivity index (χ0v) is 15.0. The predicted molar refractivity (Wildman–Crippen MR) is 104 cm³/mol. The molecule has 28 heavy (non-hydrogen) atoms. The van der Waals surface area contributed by atoms with Crippen molar-refractivity contribution in [2.24, 2.45) is 0 Å². The number of pyridine rings is 1. The molecule has 1 saturated heterocycles. The van der Waals surface area contributed by atoms with Crippen molar-refractivity contribution >= 4 is 22.5 Å². The van der Waals surface area contributed by atoms with Crippen LogP contribution in [0, 0.1) is 5.82 Å². The van der Waals surface area contributed by atoms with E-state index in [0.717, 1.165) is 41.2 Å². The molecule has 3 aromatic heterocycles. The molecule has 5 rings (SSSR count). The standard InChI is InChI=1S/C20H17FN6O/c21-15-3-1-2-4-18(15)26-7-9-27(10-8-26)20-19-17(22-13-23-20)6-5-16(25-19)14-11-24-28-12-14/h1-6,11-13H,7-10H2. The predicted octanol–water partition coefficient (Wildman–Crippen LogP) is 3.15. The first-order valence-corrected chi connectivity index (χ1v) is 9.05. The molecule has 0 radical (unpaired) electrons. The minimum absolute atomic E-state index is 0.191. The van der Waals surface area contributed by atoms with Crippen LogP contribution < -0.4 is 9.80 Å². The third-order valence-corrected chi connectivity index (χ3v) is 4.96. The molecule has 8 heteroatoms. The first-order valence-electron chi connectivity index (χ1n) is 9.05. The number of benzene rings is 1. The summed E-state index contributed by atoms with van der Waals surface area (Å²) in [6.07, 6.45) is 4.75.